The van der Waals surface area contributed by atoms with Crippen molar-refractivity contribution >= 4 is 60.3 Å². The lowest BCUT2D eigenvalue weighted by Gasteiger charge is -2.04. The summed E-state index contributed by atoms with van der Waals surface area (Å²) in [5.41, 5.74) is 1.51. The second-order valence-electron chi connectivity index (χ2n) is 11.2. The first kappa shape index (κ1) is 44.9. The third-order valence-electron chi connectivity index (χ3n) is 7.03. The van der Waals surface area contributed by atoms with Crippen molar-refractivity contribution in [3.05, 3.63) is 117 Å². The first-order valence-electron chi connectivity index (χ1n) is 15.8. The molecule has 20 heteroatoms. The Morgan fingerprint density at radius 3 is 1.04 bits per heavy atom. The number of phenols is 4. The molecule has 0 aliphatic heterocycles. The Balaban J connectivity index is 0.000000306. The van der Waals surface area contributed by atoms with Gasteiger partial charge in [0.05, 0.1) is 33.8 Å². The highest BCUT2D eigenvalue weighted by Gasteiger charge is 2.16. The lowest BCUT2D eigenvalue weighted by atomic mass is 10.2. The van der Waals surface area contributed by atoms with Gasteiger partial charge in [0.1, 0.15) is 0 Å². The fourth-order valence-corrected chi connectivity index (χ4v) is 7.51. The maximum Gasteiger partial charge on any atom is 0.257 e. The highest BCUT2D eigenvalue weighted by Crippen LogP contribution is 2.29. The van der Waals surface area contributed by atoms with Gasteiger partial charge in [-0.05, 0) is 95.1 Å². The molecule has 0 radical (unpaired) electrons. The van der Waals surface area contributed by atoms with Crippen LogP contribution in [0.2, 0.25) is 0 Å². The number of rotatable bonds is 15. The molecule has 0 aliphatic carbocycles. The zero-order chi connectivity index (χ0) is 42.4. The molecule has 17 nitrogen and oxygen atoms in total. The first-order chi connectivity index (χ1) is 26.8. The van der Waals surface area contributed by atoms with Crippen LogP contribution in [0.5, 0.6) is 46.0 Å². The first-order valence-corrected chi connectivity index (χ1v) is 20.5. The van der Waals surface area contributed by atoms with Crippen LogP contribution in [0.3, 0.4) is 0 Å². The number of benzene rings is 4. The maximum absolute atomic E-state index is 12.0. The van der Waals surface area contributed by atoms with E-state index in [1.54, 1.807) is 16.3 Å². The quantitative estimate of drug-likeness (QED) is 0.0914. The Kier molecular flexibility index (Phi) is 15.7. The van der Waals surface area contributed by atoms with E-state index in [1.807, 2.05) is 4.72 Å². The molecule has 1 amide bonds. The minimum atomic E-state index is -4.34. The largest absolute Gasteiger partial charge is 0.504 e. The molecule has 57 heavy (non-hydrogen) atoms. The molecule has 4 rings (SSSR count). The van der Waals surface area contributed by atoms with Gasteiger partial charge in [0.2, 0.25) is 20.0 Å². The fraction of sp³-hybridized carbons (Fsp3) is 0.108. The number of carbonyl (C=O) groups excluding carboxylic acids is 1. The second kappa shape index (κ2) is 19.9. The van der Waals surface area contributed by atoms with Gasteiger partial charge in [0, 0.05) is 16.9 Å². The van der Waals surface area contributed by atoms with Crippen LogP contribution in [-0.2, 0) is 34.9 Å². The molecule has 0 aromatic heterocycles. The van der Waals surface area contributed by atoms with E-state index in [-0.39, 0.29) is 46.0 Å². The second-order valence-corrected chi connectivity index (χ2v) is 16.1. The van der Waals surface area contributed by atoms with Crippen molar-refractivity contribution < 1.29 is 69.4 Å². The Hall–Kier alpha value is -6.48. The van der Waals surface area contributed by atoms with Crippen molar-refractivity contribution in [2.75, 3.05) is 28.4 Å². The summed E-state index contributed by atoms with van der Waals surface area (Å²) < 4.78 is 95.0. The molecule has 0 heterocycles. The highest BCUT2D eigenvalue weighted by atomic mass is 32.3. The number of carbonyl (C=O) groups is 1. The molecule has 0 fully saturated rings. The van der Waals surface area contributed by atoms with E-state index < -0.39 is 36.0 Å². The lowest BCUT2D eigenvalue weighted by Crippen LogP contribution is -2.26. The average Bonchev–Trinajstić information content (AvgIpc) is 3.14. The Labute approximate surface area is 329 Å². The van der Waals surface area contributed by atoms with Gasteiger partial charge >= 0.3 is 0 Å². The van der Waals surface area contributed by atoms with Crippen LogP contribution >= 0.6 is 0 Å². The van der Waals surface area contributed by atoms with Crippen LogP contribution in [0.15, 0.2) is 95.1 Å². The molecule has 0 bridgehead atoms. The summed E-state index contributed by atoms with van der Waals surface area (Å²) in [7, 11) is -7.19. The molecule has 6 N–H and O–H groups in total. The number of phenolic OH excluding ortho intramolecular Hbond substituents is 4. The van der Waals surface area contributed by atoms with Gasteiger partial charge in [-0.2, -0.15) is 0 Å². The van der Waals surface area contributed by atoms with Crippen molar-refractivity contribution in [3.63, 3.8) is 0 Å². The van der Waals surface area contributed by atoms with Crippen molar-refractivity contribution in [2.24, 2.45) is 0 Å². The molecule has 4 aromatic carbocycles. The summed E-state index contributed by atoms with van der Waals surface area (Å²) in [6.45, 7) is 0. The van der Waals surface area contributed by atoms with E-state index in [4.69, 9.17) is 18.9 Å². The zero-order valence-corrected chi connectivity index (χ0v) is 33.0. The molecular formula is C37H38N2O15S3. The minimum Gasteiger partial charge on any atom is -0.504 e. The highest BCUT2D eigenvalue weighted by molar-refractivity contribution is 8.07. The molecular weight excluding hydrogens is 809 g/mol. The third kappa shape index (κ3) is 14.6. The van der Waals surface area contributed by atoms with Crippen LogP contribution in [-0.4, -0.2) is 80.0 Å². The van der Waals surface area contributed by atoms with Gasteiger partial charge in [-0.3, -0.25) is 4.79 Å². The molecule has 0 unspecified atom stereocenters. The summed E-state index contributed by atoms with van der Waals surface area (Å²) in [6, 6.07) is 17.2. The summed E-state index contributed by atoms with van der Waals surface area (Å²) in [5, 5.41) is 40.8. The van der Waals surface area contributed by atoms with Crippen LogP contribution < -0.4 is 27.8 Å². The predicted molar refractivity (Wildman–Crippen MR) is 213 cm³/mol. The van der Waals surface area contributed by atoms with Gasteiger partial charge in [-0.25, -0.2) is 30.0 Å². The van der Waals surface area contributed by atoms with Crippen molar-refractivity contribution in [1.29, 1.82) is 0 Å². The van der Waals surface area contributed by atoms with Crippen LogP contribution in [0.25, 0.3) is 24.3 Å². The van der Waals surface area contributed by atoms with Crippen molar-refractivity contribution in [2.45, 2.75) is 0 Å². The lowest BCUT2D eigenvalue weighted by molar-refractivity contribution is -0.114. The van der Waals surface area contributed by atoms with Gasteiger partial charge in [0.15, 0.2) is 46.0 Å². The normalized spacial score (nSPS) is 12.1. The number of nitrogens with one attached hydrogen (secondary N) is 2. The topological polar surface area (TPSA) is 261 Å². The molecule has 0 saturated carbocycles. The maximum atomic E-state index is 12.0. The van der Waals surface area contributed by atoms with Gasteiger partial charge in [0.25, 0.3) is 15.9 Å². The smallest absolute Gasteiger partial charge is 0.257 e. The number of methoxy groups -OCH3 is 4. The van der Waals surface area contributed by atoms with Gasteiger partial charge in [-0.15, -0.1) is 4.13 Å². The number of hydrogen-bond donors (Lipinski definition) is 6. The predicted octanol–water partition coefficient (Wildman–Crippen LogP) is 4.25. The molecule has 4 aromatic rings. The van der Waals surface area contributed by atoms with E-state index in [1.165, 1.54) is 101 Å². The molecule has 0 saturated heterocycles. The number of hydrogen-bond acceptors (Lipinski definition) is 15. The summed E-state index contributed by atoms with van der Waals surface area (Å²) in [6.07, 6.45) is 5.81. The number of amides is 1. The van der Waals surface area contributed by atoms with E-state index in [0.29, 0.717) is 33.1 Å². The monoisotopic (exact) mass is 846 g/mol. The van der Waals surface area contributed by atoms with E-state index >= 15 is 0 Å². The van der Waals surface area contributed by atoms with E-state index in [2.05, 4.69) is 0 Å². The Morgan fingerprint density at radius 1 is 0.474 bits per heavy atom. The third-order valence-corrected chi connectivity index (χ3v) is 10.9. The van der Waals surface area contributed by atoms with Crippen LogP contribution in [0.1, 0.15) is 22.3 Å². The molecule has 0 atom stereocenters. The Morgan fingerprint density at radius 2 is 0.754 bits per heavy atom. The number of ether oxygens (including phenoxy) is 4. The van der Waals surface area contributed by atoms with Crippen molar-refractivity contribution in [1.82, 2.24) is 8.85 Å². The minimum absolute atomic E-state index is 0.108. The van der Waals surface area contributed by atoms with Crippen LogP contribution in [0, 0.1) is 0 Å². The summed E-state index contributed by atoms with van der Waals surface area (Å²) >= 11 is 0. The van der Waals surface area contributed by atoms with Gasteiger partial charge < -0.3 is 39.4 Å². The fourth-order valence-electron chi connectivity index (χ4n) is 4.34. The molecule has 304 valence electrons. The SMILES string of the molecule is COc1ccc(/C=C/C(=O)NS(=O)(=O)/C=C/c2ccc(OC)c(O)c2)cc1O.COc1ccc(/C=C\S(=O)(=O)NS(=O)(=O)/C=C/c2ccc(OC)c(O)c2)cc1O. The van der Waals surface area contributed by atoms with E-state index in [0.717, 1.165) is 23.6 Å². The number of aromatic hydroxyl groups is 4. The summed E-state index contributed by atoms with van der Waals surface area (Å²) in [5.74, 6) is -0.558. The molecule has 0 spiro atoms. The number of sulfonamides is 3. The van der Waals surface area contributed by atoms with Crippen molar-refractivity contribution in [3.8, 4) is 46.0 Å². The Bertz CT molecular complexity index is 2440. The average molecular weight is 847 g/mol. The van der Waals surface area contributed by atoms with Gasteiger partial charge in [-0.1, -0.05) is 24.3 Å². The van der Waals surface area contributed by atoms with E-state index in [9.17, 15) is 50.5 Å². The zero-order valence-electron chi connectivity index (χ0n) is 30.6. The van der Waals surface area contributed by atoms with Crippen LogP contribution in [0.4, 0.5) is 0 Å². The molecule has 0 aliphatic rings. The summed E-state index contributed by atoms with van der Waals surface area (Å²) in [4.78, 5) is 11.8. The standard InChI is InChI=1S/C19H19NO7S.C18H19NO8S2/c1-26-17-6-3-13(11-15(17)21)5-8-19(23)20-28(24,25)10-9-14-4-7-18(27-2)16(22)12-14;1-26-17-5-3-13(11-15(17)20)7-9-28(22,23)19-29(24,25)10-8-14-4-6-18(27-2)16(21)12-14/h3-12,21-22H,1-2H3,(H,20,23);3-12,19-21H,1-2H3/b8-5+,10-9+;9-7-,10-8+.